The Morgan fingerprint density at radius 1 is 1.05 bits per heavy atom. The summed E-state index contributed by atoms with van der Waals surface area (Å²) in [6.45, 7) is 9.20. The fraction of sp³-hybridized carbons (Fsp3) is 0.375. The molecule has 0 bridgehead atoms. The molecule has 0 aliphatic heterocycles. The summed E-state index contributed by atoms with van der Waals surface area (Å²) in [6.07, 6.45) is 1.58. The summed E-state index contributed by atoms with van der Waals surface area (Å²) < 4.78 is 0. The van der Waals surface area contributed by atoms with Gasteiger partial charge in [-0.05, 0) is 38.8 Å². The molecule has 1 aromatic heterocycles. The van der Waals surface area contributed by atoms with Crippen molar-refractivity contribution in [3.63, 3.8) is 0 Å². The van der Waals surface area contributed by atoms with Gasteiger partial charge in [0.25, 0.3) is 0 Å². The van der Waals surface area contributed by atoms with E-state index < -0.39 is 0 Å². The Morgan fingerprint density at radius 2 is 1.75 bits per heavy atom. The van der Waals surface area contributed by atoms with Crippen LogP contribution in [0.25, 0.3) is 0 Å². The molecule has 0 aliphatic carbocycles. The van der Waals surface area contributed by atoms with E-state index in [4.69, 9.17) is 0 Å². The van der Waals surface area contributed by atoms with Crippen molar-refractivity contribution in [1.29, 1.82) is 0 Å². The lowest BCUT2D eigenvalue weighted by Crippen LogP contribution is -2.26. The average Bonchev–Trinajstić information content (AvgIpc) is 2.36. The van der Waals surface area contributed by atoms with Crippen LogP contribution in [0.2, 0.25) is 0 Å². The highest BCUT2D eigenvalue weighted by Gasteiger charge is 2.10. The van der Waals surface area contributed by atoms with Gasteiger partial charge < -0.3 is 10.6 Å². The van der Waals surface area contributed by atoms with E-state index in [-0.39, 0.29) is 5.54 Å². The number of hydrogen-bond donors (Lipinski definition) is 2. The maximum atomic E-state index is 4.25. The molecule has 0 amide bonds. The van der Waals surface area contributed by atoms with Crippen LogP contribution in [-0.4, -0.2) is 15.5 Å². The molecule has 0 fully saturated rings. The molecule has 2 rings (SSSR count). The predicted molar refractivity (Wildman–Crippen MR) is 83.9 cm³/mol. The minimum atomic E-state index is -0.0123. The van der Waals surface area contributed by atoms with Gasteiger partial charge >= 0.3 is 0 Å². The molecule has 1 aromatic carbocycles. The Kier molecular flexibility index (Phi) is 4.23. The van der Waals surface area contributed by atoms with Crippen LogP contribution in [0.15, 0.2) is 36.7 Å². The lowest BCUT2D eigenvalue weighted by Gasteiger charge is -2.21. The minimum Gasteiger partial charge on any atom is -0.366 e. The predicted octanol–water partition coefficient (Wildman–Crippen LogP) is 3.61. The number of nitrogens with one attached hydrogen (secondary N) is 2. The second-order valence-electron chi connectivity index (χ2n) is 5.94. The molecule has 2 aromatic rings. The molecule has 2 N–H and O–H groups in total. The van der Waals surface area contributed by atoms with Gasteiger partial charge in [0.15, 0.2) is 0 Å². The van der Waals surface area contributed by atoms with E-state index in [1.165, 1.54) is 11.1 Å². The van der Waals surface area contributed by atoms with Crippen molar-refractivity contribution in [1.82, 2.24) is 9.97 Å². The first-order chi connectivity index (χ1) is 9.44. The van der Waals surface area contributed by atoms with Crippen LogP contribution in [0.3, 0.4) is 0 Å². The smallest absolute Gasteiger partial charge is 0.131 e. The van der Waals surface area contributed by atoms with Crippen molar-refractivity contribution < 1.29 is 0 Å². The van der Waals surface area contributed by atoms with Crippen LogP contribution in [0.1, 0.15) is 31.9 Å². The molecule has 1 heterocycles. The van der Waals surface area contributed by atoms with E-state index in [9.17, 15) is 0 Å². The van der Waals surface area contributed by atoms with E-state index in [1.807, 2.05) is 6.07 Å². The number of anilines is 2. The summed E-state index contributed by atoms with van der Waals surface area (Å²) in [5.41, 5.74) is 2.54. The topological polar surface area (TPSA) is 49.8 Å². The number of hydrogen-bond acceptors (Lipinski definition) is 4. The molecule has 0 saturated carbocycles. The number of aryl methyl sites for hydroxylation is 1. The molecule has 0 spiro atoms. The summed E-state index contributed by atoms with van der Waals surface area (Å²) in [5.74, 6) is 1.66. The molecule has 0 aliphatic rings. The normalized spacial score (nSPS) is 11.2. The second-order valence-corrected chi connectivity index (χ2v) is 5.94. The molecular formula is C16H22N4. The molecule has 4 heteroatoms. The molecule has 106 valence electrons. The Morgan fingerprint density at radius 3 is 2.45 bits per heavy atom. The van der Waals surface area contributed by atoms with E-state index in [1.54, 1.807) is 6.33 Å². The zero-order valence-electron chi connectivity index (χ0n) is 12.6. The van der Waals surface area contributed by atoms with Gasteiger partial charge in [-0.2, -0.15) is 0 Å². The number of rotatable bonds is 4. The first-order valence-corrected chi connectivity index (χ1v) is 6.83. The second kappa shape index (κ2) is 5.90. The highest BCUT2D eigenvalue weighted by molar-refractivity contribution is 5.48. The van der Waals surface area contributed by atoms with Crippen molar-refractivity contribution >= 4 is 11.6 Å². The van der Waals surface area contributed by atoms with Crippen LogP contribution in [-0.2, 0) is 6.54 Å². The molecule has 0 radical (unpaired) electrons. The van der Waals surface area contributed by atoms with Gasteiger partial charge in [-0.15, -0.1) is 0 Å². The van der Waals surface area contributed by atoms with Crippen molar-refractivity contribution in [2.45, 2.75) is 39.8 Å². The Balaban J connectivity index is 2.03. The minimum absolute atomic E-state index is 0.0123. The maximum absolute atomic E-state index is 4.25. The summed E-state index contributed by atoms with van der Waals surface area (Å²) >= 11 is 0. The SMILES string of the molecule is Cc1ccccc1CNc1cc(NC(C)(C)C)ncn1. The summed E-state index contributed by atoms with van der Waals surface area (Å²) in [6, 6.07) is 10.3. The van der Waals surface area contributed by atoms with Crippen LogP contribution < -0.4 is 10.6 Å². The fourth-order valence-electron chi connectivity index (χ4n) is 1.90. The zero-order valence-corrected chi connectivity index (χ0v) is 12.6. The average molecular weight is 270 g/mol. The van der Waals surface area contributed by atoms with Crippen molar-refractivity contribution in [2.75, 3.05) is 10.6 Å². The maximum Gasteiger partial charge on any atom is 0.131 e. The van der Waals surface area contributed by atoms with Gasteiger partial charge in [-0.3, -0.25) is 0 Å². The largest absolute Gasteiger partial charge is 0.366 e. The Bertz CT molecular complexity index is 573. The first-order valence-electron chi connectivity index (χ1n) is 6.83. The van der Waals surface area contributed by atoms with Gasteiger partial charge in [-0.1, -0.05) is 24.3 Å². The van der Waals surface area contributed by atoms with Crippen LogP contribution >= 0.6 is 0 Å². The lowest BCUT2D eigenvalue weighted by molar-refractivity contribution is 0.630. The molecule has 0 unspecified atom stereocenters. The zero-order chi connectivity index (χ0) is 14.6. The molecular weight excluding hydrogens is 248 g/mol. The number of benzene rings is 1. The van der Waals surface area contributed by atoms with Crippen molar-refractivity contribution in [2.24, 2.45) is 0 Å². The number of nitrogens with zero attached hydrogens (tertiary/aromatic N) is 2. The molecule has 0 atom stereocenters. The van der Waals surface area contributed by atoms with Crippen LogP contribution in [0.5, 0.6) is 0 Å². The highest BCUT2D eigenvalue weighted by atomic mass is 15.1. The number of aromatic nitrogens is 2. The standard InChI is InChI=1S/C16H22N4/c1-12-7-5-6-8-13(12)10-17-14-9-15(19-11-18-14)20-16(2,3)4/h5-9,11H,10H2,1-4H3,(H2,17,18,19,20). The van der Waals surface area contributed by atoms with Crippen LogP contribution in [0.4, 0.5) is 11.6 Å². The molecule has 0 saturated heterocycles. The quantitative estimate of drug-likeness (QED) is 0.891. The third kappa shape index (κ3) is 4.23. The first kappa shape index (κ1) is 14.3. The summed E-state index contributed by atoms with van der Waals surface area (Å²) in [7, 11) is 0. The Hall–Kier alpha value is -2.10. The van der Waals surface area contributed by atoms with E-state index >= 15 is 0 Å². The van der Waals surface area contributed by atoms with Crippen molar-refractivity contribution in [3.05, 3.63) is 47.8 Å². The summed E-state index contributed by atoms with van der Waals surface area (Å²) in [5, 5.41) is 6.68. The van der Waals surface area contributed by atoms with E-state index in [0.29, 0.717) is 0 Å². The molecule has 4 nitrogen and oxygen atoms in total. The fourth-order valence-corrected chi connectivity index (χ4v) is 1.90. The third-order valence-corrected chi connectivity index (χ3v) is 2.89. The summed E-state index contributed by atoms with van der Waals surface area (Å²) in [4.78, 5) is 8.49. The molecule has 20 heavy (non-hydrogen) atoms. The van der Waals surface area contributed by atoms with Gasteiger partial charge in [0.05, 0.1) is 0 Å². The Labute approximate surface area is 120 Å². The lowest BCUT2D eigenvalue weighted by atomic mass is 10.1. The third-order valence-electron chi connectivity index (χ3n) is 2.89. The van der Waals surface area contributed by atoms with E-state index in [2.05, 4.69) is 72.6 Å². The van der Waals surface area contributed by atoms with Gasteiger partial charge in [0, 0.05) is 18.2 Å². The van der Waals surface area contributed by atoms with Crippen LogP contribution in [0, 0.1) is 6.92 Å². The van der Waals surface area contributed by atoms with Gasteiger partial charge in [-0.25, -0.2) is 9.97 Å². The van der Waals surface area contributed by atoms with Gasteiger partial charge in [0.1, 0.15) is 18.0 Å². The highest BCUT2D eigenvalue weighted by Crippen LogP contribution is 2.15. The monoisotopic (exact) mass is 270 g/mol. The van der Waals surface area contributed by atoms with E-state index in [0.717, 1.165) is 18.2 Å². The van der Waals surface area contributed by atoms with Crippen molar-refractivity contribution in [3.8, 4) is 0 Å². The van der Waals surface area contributed by atoms with Gasteiger partial charge in [0.2, 0.25) is 0 Å².